The van der Waals surface area contributed by atoms with Gasteiger partial charge < -0.3 is 0 Å². The van der Waals surface area contributed by atoms with E-state index in [-0.39, 0.29) is 73.8 Å². The van der Waals surface area contributed by atoms with Gasteiger partial charge >= 0.3 is 0 Å². The van der Waals surface area contributed by atoms with Gasteiger partial charge in [0.25, 0.3) is 0 Å². The zero-order chi connectivity index (χ0) is 5.82. The quantitative estimate of drug-likeness (QED) is 0.284. The molecule has 11 heavy (non-hydrogen) atoms. The van der Waals surface area contributed by atoms with Crippen LogP contribution in [-0.2, 0) is 25.8 Å². The Hall–Kier alpha value is 1.81. The van der Waals surface area contributed by atoms with Crippen molar-refractivity contribution in [1.82, 2.24) is 0 Å². The van der Waals surface area contributed by atoms with Crippen LogP contribution in [0.1, 0.15) is 26.2 Å². The van der Waals surface area contributed by atoms with E-state index < -0.39 is 0 Å². The smallest absolute Gasteiger partial charge is 0 e. The van der Waals surface area contributed by atoms with Crippen molar-refractivity contribution < 1.29 is 25.8 Å². The maximum Gasteiger partial charge on any atom is 0 e. The van der Waals surface area contributed by atoms with Crippen LogP contribution in [0, 0.1) is 6.08 Å². The summed E-state index contributed by atoms with van der Waals surface area (Å²) in [6.07, 6.45) is 11.1. The normalized spacial score (nSPS) is 12.3. The number of rotatable bonds is 2. The van der Waals surface area contributed by atoms with E-state index in [4.69, 9.17) is 0 Å². The summed E-state index contributed by atoms with van der Waals surface area (Å²) in [5.41, 5.74) is 1.40. The number of hydrogen-bond acceptors (Lipinski definition) is 0. The topological polar surface area (TPSA) is 0 Å². The van der Waals surface area contributed by atoms with Crippen molar-refractivity contribution >= 4 is 48.0 Å². The Morgan fingerprint density at radius 3 is 2.45 bits per heavy atom. The van der Waals surface area contributed by atoms with Crippen molar-refractivity contribution in [2.75, 3.05) is 0 Å². The Bertz CT molecular complexity index is 130. The molecule has 0 atom stereocenters. The molecule has 0 amide bonds. The van der Waals surface area contributed by atoms with Gasteiger partial charge in [-0.25, -0.2) is 11.6 Å². The van der Waals surface area contributed by atoms with Crippen LogP contribution in [0.4, 0.5) is 0 Å². The minimum Gasteiger partial charge on any atom is -0.269 e. The number of halogens is 2. The summed E-state index contributed by atoms with van der Waals surface area (Å²) >= 11 is 0. The Labute approximate surface area is 122 Å². The molecular formula is C8H13HfI2-. The van der Waals surface area contributed by atoms with E-state index in [2.05, 4.69) is 25.2 Å². The number of hydrogen-bond donors (Lipinski definition) is 0. The Morgan fingerprint density at radius 2 is 2.09 bits per heavy atom. The largest absolute Gasteiger partial charge is 0.269 e. The Kier molecular flexibility index (Phi) is 19.9. The van der Waals surface area contributed by atoms with Crippen LogP contribution < -0.4 is 0 Å². The molecule has 0 saturated carbocycles. The van der Waals surface area contributed by atoms with Crippen LogP contribution in [-0.4, -0.2) is 0 Å². The second kappa shape index (κ2) is 11.8. The second-order valence-corrected chi connectivity index (χ2v) is 2.06. The maximum absolute atomic E-state index is 3.26. The molecule has 1 aliphatic carbocycles. The van der Waals surface area contributed by atoms with Crippen LogP contribution in [0.2, 0.25) is 0 Å². The molecule has 0 fully saturated rings. The molecule has 1 aliphatic rings. The van der Waals surface area contributed by atoms with Gasteiger partial charge in [0.2, 0.25) is 0 Å². The molecule has 0 spiro atoms. The third-order valence-electron chi connectivity index (χ3n) is 1.29. The monoisotopic (exact) mass is 543 g/mol. The first-order valence-corrected chi connectivity index (χ1v) is 3.19. The fourth-order valence-electron chi connectivity index (χ4n) is 0.891. The van der Waals surface area contributed by atoms with Gasteiger partial charge in [-0.1, -0.05) is 19.8 Å². The van der Waals surface area contributed by atoms with Gasteiger partial charge in [-0.2, -0.15) is 6.08 Å². The second-order valence-electron chi connectivity index (χ2n) is 2.06. The average molecular weight is 541 g/mol. The van der Waals surface area contributed by atoms with Crippen molar-refractivity contribution in [3.05, 3.63) is 23.8 Å². The van der Waals surface area contributed by atoms with E-state index in [1.54, 1.807) is 0 Å². The zero-order valence-corrected chi connectivity index (χ0v) is 14.8. The van der Waals surface area contributed by atoms with Crippen LogP contribution in [0.3, 0.4) is 0 Å². The van der Waals surface area contributed by atoms with E-state index in [1.807, 2.05) is 0 Å². The van der Waals surface area contributed by atoms with Gasteiger partial charge in [-0.3, -0.25) is 6.08 Å². The fraction of sp³-hybridized carbons (Fsp3) is 0.500. The van der Waals surface area contributed by atoms with Crippen molar-refractivity contribution in [2.45, 2.75) is 26.2 Å². The van der Waals surface area contributed by atoms with Crippen LogP contribution in [0.5, 0.6) is 0 Å². The molecule has 0 aromatic rings. The van der Waals surface area contributed by atoms with Gasteiger partial charge in [0, 0.05) is 25.8 Å². The van der Waals surface area contributed by atoms with Gasteiger partial charge in [0.15, 0.2) is 0 Å². The summed E-state index contributed by atoms with van der Waals surface area (Å²) in [5.74, 6) is 0. The van der Waals surface area contributed by atoms with Crippen molar-refractivity contribution in [2.24, 2.45) is 0 Å². The SMILES string of the molecule is CCCC1=[C-]CC=C1.I.I.[Hf]. The molecule has 0 nitrogen and oxygen atoms in total. The molecule has 3 heteroatoms. The van der Waals surface area contributed by atoms with Gasteiger partial charge in [0.1, 0.15) is 0 Å². The fourth-order valence-corrected chi connectivity index (χ4v) is 0.891. The van der Waals surface area contributed by atoms with Crippen molar-refractivity contribution in [3.63, 3.8) is 0 Å². The van der Waals surface area contributed by atoms with Crippen molar-refractivity contribution in [1.29, 1.82) is 0 Å². The van der Waals surface area contributed by atoms with Crippen LogP contribution in [0.15, 0.2) is 17.7 Å². The minimum absolute atomic E-state index is 0. The average Bonchev–Trinajstić information content (AvgIpc) is 2.19. The van der Waals surface area contributed by atoms with Gasteiger partial charge in [0.05, 0.1) is 0 Å². The predicted molar refractivity (Wildman–Crippen MR) is 66.3 cm³/mol. The van der Waals surface area contributed by atoms with E-state index >= 15 is 0 Å². The molecule has 1 rings (SSSR count). The molecule has 0 aromatic heterocycles. The maximum atomic E-state index is 3.26. The van der Waals surface area contributed by atoms with Crippen LogP contribution in [0.25, 0.3) is 0 Å². The van der Waals surface area contributed by atoms with Crippen molar-refractivity contribution in [3.8, 4) is 0 Å². The molecule has 0 heterocycles. The molecule has 0 saturated heterocycles. The summed E-state index contributed by atoms with van der Waals surface area (Å²) in [6.45, 7) is 2.20. The minimum atomic E-state index is 0. The molecule has 64 valence electrons. The van der Waals surface area contributed by atoms with E-state index in [1.165, 1.54) is 18.4 Å². The molecule has 0 aliphatic heterocycles. The van der Waals surface area contributed by atoms with Gasteiger partial charge in [-0.05, 0) is 0 Å². The molecule has 0 unspecified atom stereocenters. The molecule has 0 aromatic carbocycles. The molecule has 0 N–H and O–H groups in total. The first-order valence-electron chi connectivity index (χ1n) is 3.19. The Balaban J connectivity index is -0.000000213. The molecule has 0 radical (unpaired) electrons. The first kappa shape index (κ1) is 18.6. The molecule has 0 bridgehead atoms. The third-order valence-corrected chi connectivity index (χ3v) is 1.29. The number of allylic oxidation sites excluding steroid dienone is 4. The van der Waals surface area contributed by atoms with Gasteiger partial charge in [-0.15, -0.1) is 54.4 Å². The summed E-state index contributed by atoms with van der Waals surface area (Å²) < 4.78 is 0. The van der Waals surface area contributed by atoms with Crippen LogP contribution >= 0.6 is 48.0 Å². The summed E-state index contributed by atoms with van der Waals surface area (Å²) in [5, 5.41) is 0. The molecular weight excluding hydrogens is 528 g/mol. The van der Waals surface area contributed by atoms with E-state index in [9.17, 15) is 0 Å². The van der Waals surface area contributed by atoms with E-state index in [0.29, 0.717) is 0 Å². The first-order chi connectivity index (χ1) is 3.93. The predicted octanol–water partition coefficient (Wildman–Crippen LogP) is 3.71. The summed E-state index contributed by atoms with van der Waals surface area (Å²) in [6, 6.07) is 0. The standard InChI is InChI=1S/C8H11.Hf.2HI/c1-2-5-8-6-3-4-7-8;;;/h3,6H,2,4-5H2,1H3;;2*1H/q-1;;;. The summed E-state index contributed by atoms with van der Waals surface area (Å²) in [7, 11) is 0. The zero-order valence-electron chi connectivity index (χ0n) is 6.59. The summed E-state index contributed by atoms with van der Waals surface area (Å²) in [4.78, 5) is 0. The Morgan fingerprint density at radius 1 is 1.45 bits per heavy atom. The third kappa shape index (κ3) is 8.15. The van der Waals surface area contributed by atoms with E-state index in [0.717, 1.165) is 6.42 Å².